The van der Waals surface area contributed by atoms with Gasteiger partial charge >= 0.3 is 0 Å². The molecule has 1 aromatic carbocycles. The standard InChI is InChI=1S/C17H18N6O/c1-9(18)13-6-12(4-5-14(13)19)22-17(24)16-10(2)21-15-7-20-8-23(15)11(16)3/h4-8,18H,19H2,1-3H3,(H,22,24). The van der Waals surface area contributed by atoms with E-state index in [1.165, 1.54) is 0 Å². The van der Waals surface area contributed by atoms with Crippen molar-refractivity contribution in [3.8, 4) is 0 Å². The van der Waals surface area contributed by atoms with E-state index in [0.717, 1.165) is 5.69 Å². The van der Waals surface area contributed by atoms with E-state index in [9.17, 15) is 4.79 Å². The maximum Gasteiger partial charge on any atom is 0.259 e. The summed E-state index contributed by atoms with van der Waals surface area (Å²) in [6, 6.07) is 5.09. The molecule has 0 bridgehead atoms. The average Bonchev–Trinajstić information content (AvgIpc) is 2.97. The molecule has 0 radical (unpaired) electrons. The maximum atomic E-state index is 12.7. The highest BCUT2D eigenvalue weighted by Crippen LogP contribution is 2.21. The van der Waals surface area contributed by atoms with E-state index >= 15 is 0 Å². The summed E-state index contributed by atoms with van der Waals surface area (Å²) >= 11 is 0. The molecule has 3 rings (SSSR count). The summed E-state index contributed by atoms with van der Waals surface area (Å²) < 4.78 is 1.78. The predicted molar refractivity (Wildman–Crippen MR) is 93.8 cm³/mol. The van der Waals surface area contributed by atoms with Crippen LogP contribution in [0.5, 0.6) is 0 Å². The van der Waals surface area contributed by atoms with Gasteiger partial charge in [-0.15, -0.1) is 0 Å². The third-order valence-electron chi connectivity index (χ3n) is 3.93. The lowest BCUT2D eigenvalue weighted by molar-refractivity contribution is 0.102. The molecule has 0 fully saturated rings. The van der Waals surface area contributed by atoms with Crippen LogP contribution in [-0.4, -0.2) is 26.0 Å². The molecule has 0 atom stereocenters. The van der Waals surface area contributed by atoms with Gasteiger partial charge < -0.3 is 16.5 Å². The number of carbonyl (C=O) groups excluding carboxylic acids is 1. The van der Waals surface area contributed by atoms with Crippen molar-refractivity contribution >= 4 is 28.6 Å². The van der Waals surface area contributed by atoms with Crippen molar-refractivity contribution in [3.05, 3.63) is 53.2 Å². The van der Waals surface area contributed by atoms with Gasteiger partial charge in [0.2, 0.25) is 0 Å². The molecule has 0 aliphatic rings. The third-order valence-corrected chi connectivity index (χ3v) is 3.93. The Bertz CT molecular complexity index is 973. The number of benzene rings is 1. The van der Waals surface area contributed by atoms with Crippen molar-refractivity contribution in [3.63, 3.8) is 0 Å². The number of nitrogen functional groups attached to an aromatic ring is 1. The quantitative estimate of drug-likeness (QED) is 0.508. The first-order valence-electron chi connectivity index (χ1n) is 7.44. The molecule has 0 aliphatic heterocycles. The Morgan fingerprint density at radius 1 is 1.33 bits per heavy atom. The van der Waals surface area contributed by atoms with Gasteiger partial charge in [-0.2, -0.15) is 0 Å². The second-order valence-electron chi connectivity index (χ2n) is 5.66. The number of aromatic nitrogens is 3. The van der Waals surface area contributed by atoms with Crippen LogP contribution in [0.1, 0.15) is 34.2 Å². The zero-order chi connectivity index (χ0) is 17.4. The predicted octanol–water partition coefficient (Wildman–Crippen LogP) is 2.57. The number of hydrogen-bond donors (Lipinski definition) is 3. The summed E-state index contributed by atoms with van der Waals surface area (Å²) in [4.78, 5) is 21.2. The van der Waals surface area contributed by atoms with E-state index in [-0.39, 0.29) is 5.91 Å². The molecular weight excluding hydrogens is 304 g/mol. The fourth-order valence-electron chi connectivity index (χ4n) is 2.72. The highest BCUT2D eigenvalue weighted by atomic mass is 16.1. The van der Waals surface area contributed by atoms with Gasteiger partial charge in [-0.25, -0.2) is 9.97 Å². The first-order valence-corrected chi connectivity index (χ1v) is 7.44. The van der Waals surface area contributed by atoms with Crippen molar-refractivity contribution in [1.82, 2.24) is 14.4 Å². The summed E-state index contributed by atoms with van der Waals surface area (Å²) in [7, 11) is 0. The van der Waals surface area contributed by atoms with E-state index in [1.54, 1.807) is 49.0 Å². The molecule has 7 heteroatoms. The van der Waals surface area contributed by atoms with Gasteiger partial charge in [-0.1, -0.05) is 0 Å². The van der Waals surface area contributed by atoms with Gasteiger partial charge in [-0.05, 0) is 39.0 Å². The van der Waals surface area contributed by atoms with E-state index in [4.69, 9.17) is 11.1 Å². The molecule has 4 N–H and O–H groups in total. The lowest BCUT2D eigenvalue weighted by Crippen LogP contribution is -2.18. The van der Waals surface area contributed by atoms with Gasteiger partial charge in [0.25, 0.3) is 5.91 Å². The molecule has 3 aromatic rings. The van der Waals surface area contributed by atoms with Crippen LogP contribution in [0.25, 0.3) is 5.65 Å². The molecular formula is C17H18N6O. The van der Waals surface area contributed by atoms with Crippen LogP contribution in [0.3, 0.4) is 0 Å². The minimum atomic E-state index is -0.258. The normalized spacial score (nSPS) is 10.8. The number of anilines is 2. The first kappa shape index (κ1) is 15.7. The molecule has 2 aromatic heterocycles. The largest absolute Gasteiger partial charge is 0.398 e. The molecule has 1 amide bonds. The van der Waals surface area contributed by atoms with Crippen LogP contribution in [0.15, 0.2) is 30.7 Å². The lowest BCUT2D eigenvalue weighted by atomic mass is 10.1. The van der Waals surface area contributed by atoms with Gasteiger partial charge in [0, 0.05) is 28.3 Å². The molecule has 0 spiro atoms. The molecule has 0 aliphatic carbocycles. The van der Waals surface area contributed by atoms with Crippen LogP contribution >= 0.6 is 0 Å². The monoisotopic (exact) mass is 322 g/mol. The number of hydrogen-bond acceptors (Lipinski definition) is 5. The van der Waals surface area contributed by atoms with Crippen molar-refractivity contribution in [2.75, 3.05) is 11.1 Å². The number of imidazole rings is 1. The lowest BCUT2D eigenvalue weighted by Gasteiger charge is -2.13. The Morgan fingerprint density at radius 2 is 2.08 bits per heavy atom. The summed E-state index contributed by atoms with van der Waals surface area (Å²) in [5.74, 6) is -0.258. The topological polar surface area (TPSA) is 109 Å². The van der Waals surface area contributed by atoms with Gasteiger partial charge in [-0.3, -0.25) is 9.20 Å². The smallest absolute Gasteiger partial charge is 0.259 e. The Hall–Kier alpha value is -3.22. The Morgan fingerprint density at radius 3 is 2.79 bits per heavy atom. The number of nitrogens with zero attached hydrogens (tertiary/aromatic N) is 3. The zero-order valence-corrected chi connectivity index (χ0v) is 13.7. The average molecular weight is 322 g/mol. The second-order valence-corrected chi connectivity index (χ2v) is 5.66. The van der Waals surface area contributed by atoms with Gasteiger partial charge in [0.15, 0.2) is 5.65 Å². The van der Waals surface area contributed by atoms with E-state index in [0.29, 0.717) is 39.6 Å². The minimum absolute atomic E-state index is 0.258. The SMILES string of the molecule is CC(=N)c1cc(NC(=O)c2c(C)nc3cncn3c2C)ccc1N. The van der Waals surface area contributed by atoms with Crippen molar-refractivity contribution < 1.29 is 4.79 Å². The molecule has 0 saturated carbocycles. The summed E-state index contributed by atoms with van der Waals surface area (Å²) in [5.41, 5.74) is 10.5. The highest BCUT2D eigenvalue weighted by Gasteiger charge is 2.17. The zero-order valence-electron chi connectivity index (χ0n) is 13.7. The number of carbonyl (C=O) groups is 1. The fourth-order valence-corrected chi connectivity index (χ4v) is 2.72. The molecule has 2 heterocycles. The molecule has 0 unspecified atom stereocenters. The second kappa shape index (κ2) is 5.77. The summed E-state index contributed by atoms with van der Waals surface area (Å²) in [6.45, 7) is 5.31. The van der Waals surface area contributed by atoms with Crippen LogP contribution in [0.2, 0.25) is 0 Å². The summed E-state index contributed by atoms with van der Waals surface area (Å²) in [5, 5.41) is 10.6. The highest BCUT2D eigenvalue weighted by molar-refractivity contribution is 6.07. The van der Waals surface area contributed by atoms with Gasteiger partial charge in [0.05, 0.1) is 17.5 Å². The van der Waals surface area contributed by atoms with Crippen molar-refractivity contribution in [2.24, 2.45) is 0 Å². The van der Waals surface area contributed by atoms with Gasteiger partial charge in [0.1, 0.15) is 6.33 Å². The number of amides is 1. The van der Waals surface area contributed by atoms with Crippen LogP contribution in [0.4, 0.5) is 11.4 Å². The van der Waals surface area contributed by atoms with Crippen molar-refractivity contribution in [1.29, 1.82) is 5.41 Å². The van der Waals surface area contributed by atoms with E-state index in [1.807, 2.05) is 6.92 Å². The van der Waals surface area contributed by atoms with E-state index < -0.39 is 0 Å². The van der Waals surface area contributed by atoms with Crippen LogP contribution in [0, 0.1) is 19.3 Å². The van der Waals surface area contributed by atoms with Crippen LogP contribution in [-0.2, 0) is 0 Å². The minimum Gasteiger partial charge on any atom is -0.398 e. The first-order chi connectivity index (χ1) is 11.4. The Balaban J connectivity index is 1.99. The van der Waals surface area contributed by atoms with E-state index in [2.05, 4.69) is 15.3 Å². The van der Waals surface area contributed by atoms with Crippen molar-refractivity contribution in [2.45, 2.75) is 20.8 Å². The number of fused-ring (bicyclic) bond motifs is 1. The Labute approximate surface area is 139 Å². The number of nitrogens with two attached hydrogens (primary N) is 1. The molecule has 24 heavy (non-hydrogen) atoms. The Kier molecular flexibility index (Phi) is 3.76. The molecule has 0 saturated heterocycles. The number of nitrogens with one attached hydrogen (secondary N) is 2. The third kappa shape index (κ3) is 2.60. The van der Waals surface area contributed by atoms with Crippen LogP contribution < -0.4 is 11.1 Å². The number of aryl methyl sites for hydroxylation is 2. The molecule has 122 valence electrons. The molecule has 7 nitrogen and oxygen atoms in total. The maximum absolute atomic E-state index is 12.7. The number of rotatable bonds is 3. The fraction of sp³-hybridized carbons (Fsp3) is 0.176. The summed E-state index contributed by atoms with van der Waals surface area (Å²) in [6.07, 6.45) is 3.29.